The number of nitrogens with zero attached hydrogens (tertiary/aromatic N) is 3. The fraction of sp³-hybridized carbons (Fsp3) is 0.578. The van der Waals surface area contributed by atoms with Crippen molar-refractivity contribution in [2.24, 2.45) is 9.98 Å². The first-order valence-corrected chi connectivity index (χ1v) is 20.2. The molecule has 0 bridgehead atoms. The van der Waals surface area contributed by atoms with Crippen molar-refractivity contribution >= 4 is 34.4 Å². The molecule has 3 aromatic rings. The normalized spacial score (nSPS) is 11.3. The van der Waals surface area contributed by atoms with Gasteiger partial charge in [-0.05, 0) is 136 Å². The minimum absolute atomic E-state index is 0. The Morgan fingerprint density at radius 2 is 0.736 bits per heavy atom. The van der Waals surface area contributed by atoms with Crippen molar-refractivity contribution in [1.82, 2.24) is 4.98 Å². The average molecular weight is 935 g/mol. The Balaban J connectivity index is 0. The number of aliphatic imine (C=N–C) groups is 2. The van der Waals surface area contributed by atoms with Crippen molar-refractivity contribution in [2.75, 3.05) is 0 Å². The van der Waals surface area contributed by atoms with Crippen LogP contribution < -0.4 is 37.2 Å². The third-order valence-electron chi connectivity index (χ3n) is 9.58. The van der Waals surface area contributed by atoms with Gasteiger partial charge in [0.2, 0.25) is 0 Å². The summed E-state index contributed by atoms with van der Waals surface area (Å²) in [6, 6.07) is 13.7. The molecule has 0 fully saturated rings. The van der Waals surface area contributed by atoms with E-state index in [-0.39, 0.29) is 78.1 Å². The summed E-state index contributed by atoms with van der Waals surface area (Å²) >= 11 is 6.83. The van der Waals surface area contributed by atoms with Gasteiger partial charge in [0.25, 0.3) is 0 Å². The average Bonchev–Trinajstić information content (AvgIpc) is 3.10. The Morgan fingerprint density at radius 1 is 0.472 bits per heavy atom. The summed E-state index contributed by atoms with van der Waals surface area (Å²) in [5.41, 5.74) is 14.2. The molecule has 53 heavy (non-hydrogen) atoms. The molecule has 0 saturated carbocycles. The zero-order chi connectivity index (χ0) is 35.6. The number of aryl methyl sites for hydroxylation is 6. The van der Waals surface area contributed by atoms with Gasteiger partial charge in [-0.1, -0.05) is 116 Å². The molecule has 293 valence electrons. The molecule has 1 aromatic heterocycles. The Labute approximate surface area is 381 Å². The summed E-state index contributed by atoms with van der Waals surface area (Å²) in [6.07, 6.45) is 20.7. The number of aromatic nitrogens is 1. The van der Waals surface area contributed by atoms with E-state index in [4.69, 9.17) is 26.6 Å². The number of pyridine rings is 1. The van der Waals surface area contributed by atoms with Gasteiger partial charge in [-0.25, -0.2) is 4.98 Å². The van der Waals surface area contributed by atoms with E-state index in [2.05, 4.69) is 79.7 Å². The molecule has 0 amide bonds. The van der Waals surface area contributed by atoms with E-state index in [1.807, 2.05) is 12.1 Å². The Kier molecular flexibility index (Phi) is 31.4. The third kappa shape index (κ3) is 18.1. The summed E-state index contributed by atoms with van der Waals surface area (Å²) in [5, 5.41) is 0.670. The maximum Gasteiger partial charge on any atom is 3.00 e. The maximum atomic E-state index is 6.83. The number of halogens is 4. The molecule has 0 aliphatic heterocycles. The summed E-state index contributed by atoms with van der Waals surface area (Å²) in [7, 11) is 0. The van der Waals surface area contributed by atoms with E-state index in [0.29, 0.717) is 5.02 Å². The van der Waals surface area contributed by atoms with Crippen LogP contribution in [-0.4, -0.2) is 16.4 Å². The Morgan fingerprint density at radius 3 is 1.00 bits per heavy atom. The minimum Gasteiger partial charge on any atom is -1.00 e. The van der Waals surface area contributed by atoms with E-state index >= 15 is 0 Å². The van der Waals surface area contributed by atoms with Crippen LogP contribution in [0.4, 0.5) is 11.4 Å². The molecule has 0 aliphatic rings. The van der Waals surface area contributed by atoms with E-state index in [1.54, 1.807) is 0 Å². The standard InChI is InChI=1S/C45H66ClN3.3ClH.Nd/c1-9-15-21-35-27-37(23-17-11-3)44(38(28-35)24-18-12-4)47-33(7)42-31-41(46)32-43(49-42)34(8)48-45-39(25-19-13-5)29-36(22-16-10-2)30-40(45)26-20-14-6;;;;/h27-32H,9-26H2,1-8H3;3*1H;/q;;;;+3/p-3. The molecule has 2 aromatic carbocycles. The smallest absolute Gasteiger partial charge is 1.00 e. The number of rotatable bonds is 22. The molecule has 8 heteroatoms. The molecule has 0 N–H and O–H groups in total. The zero-order valence-electron chi connectivity index (χ0n) is 34.0. The Hall–Kier alpha value is -0.559. The quantitative estimate of drug-likeness (QED) is 0.130. The van der Waals surface area contributed by atoms with Crippen LogP contribution in [0, 0.1) is 40.8 Å². The Bertz CT molecular complexity index is 1370. The minimum atomic E-state index is 0. The third-order valence-corrected chi connectivity index (χ3v) is 9.80. The van der Waals surface area contributed by atoms with Crippen molar-refractivity contribution in [3.05, 3.63) is 86.2 Å². The van der Waals surface area contributed by atoms with Crippen LogP contribution in [-0.2, 0) is 38.5 Å². The largest absolute Gasteiger partial charge is 3.00 e. The molecule has 0 atom stereocenters. The topological polar surface area (TPSA) is 37.6 Å². The van der Waals surface area contributed by atoms with Gasteiger partial charge in [-0.3, -0.25) is 9.98 Å². The van der Waals surface area contributed by atoms with Gasteiger partial charge in [-0.15, -0.1) is 0 Å². The number of unbranched alkanes of at least 4 members (excludes halogenated alkanes) is 6. The van der Waals surface area contributed by atoms with Gasteiger partial charge < -0.3 is 37.2 Å². The van der Waals surface area contributed by atoms with E-state index in [9.17, 15) is 0 Å². The van der Waals surface area contributed by atoms with Crippen LogP contribution in [0.25, 0.3) is 0 Å². The number of hydrogen-bond acceptors (Lipinski definition) is 3. The van der Waals surface area contributed by atoms with Crippen LogP contribution in [0.2, 0.25) is 5.02 Å². The van der Waals surface area contributed by atoms with E-state index in [1.165, 1.54) is 110 Å². The molecule has 0 spiro atoms. The van der Waals surface area contributed by atoms with Crippen LogP contribution >= 0.6 is 11.6 Å². The predicted octanol–water partition coefficient (Wildman–Crippen LogP) is 5.08. The summed E-state index contributed by atoms with van der Waals surface area (Å²) in [6.45, 7) is 17.8. The first-order valence-electron chi connectivity index (χ1n) is 19.9. The second-order valence-corrected chi connectivity index (χ2v) is 14.5. The van der Waals surface area contributed by atoms with Gasteiger partial charge in [0.1, 0.15) is 0 Å². The van der Waals surface area contributed by atoms with Crippen molar-refractivity contribution in [1.29, 1.82) is 0 Å². The van der Waals surface area contributed by atoms with Crippen molar-refractivity contribution < 1.29 is 78.1 Å². The van der Waals surface area contributed by atoms with Crippen LogP contribution in [0.5, 0.6) is 0 Å². The molecule has 1 heterocycles. The molecule has 0 saturated heterocycles. The van der Waals surface area contributed by atoms with Crippen molar-refractivity contribution in [2.45, 2.75) is 171 Å². The molecule has 0 unspecified atom stereocenters. The SMILES string of the molecule is CCCCc1cc(CCCC)c(N=C(C)c2cc(Cl)cc(C(C)=Nc3c(CCCC)cc(CCCC)cc3CCCC)n2)c(CCCC)c1.[Cl-].[Cl-].[Cl-].[Nd+3]. The number of benzene rings is 2. The van der Waals surface area contributed by atoms with Gasteiger partial charge in [0, 0.05) is 5.02 Å². The molecule has 1 radical (unpaired) electrons. The fourth-order valence-corrected chi connectivity index (χ4v) is 6.76. The van der Waals surface area contributed by atoms with Crippen LogP contribution in [0.1, 0.15) is 177 Å². The van der Waals surface area contributed by atoms with Gasteiger partial charge in [0.05, 0.1) is 34.2 Å². The second-order valence-electron chi connectivity index (χ2n) is 14.1. The van der Waals surface area contributed by atoms with Gasteiger partial charge >= 0.3 is 40.8 Å². The van der Waals surface area contributed by atoms with E-state index in [0.717, 1.165) is 72.7 Å². The second kappa shape index (κ2) is 30.6. The molecule has 0 aliphatic carbocycles. The van der Waals surface area contributed by atoms with Crippen molar-refractivity contribution in [3.63, 3.8) is 0 Å². The van der Waals surface area contributed by atoms with Gasteiger partial charge in [0.15, 0.2) is 0 Å². The summed E-state index contributed by atoms with van der Waals surface area (Å²) < 4.78 is 0. The monoisotopic (exact) mass is 930 g/mol. The number of hydrogen-bond donors (Lipinski definition) is 0. The van der Waals surface area contributed by atoms with Crippen LogP contribution in [0.15, 0.2) is 46.4 Å². The molecular formula is C45H66Cl4N3Nd. The van der Waals surface area contributed by atoms with E-state index < -0.39 is 0 Å². The van der Waals surface area contributed by atoms with Crippen LogP contribution in [0.3, 0.4) is 0 Å². The zero-order valence-corrected chi connectivity index (χ0v) is 40.3. The molecule has 3 nitrogen and oxygen atoms in total. The molecular weight excluding hydrogens is 869 g/mol. The maximum absolute atomic E-state index is 6.83. The predicted molar refractivity (Wildman–Crippen MR) is 218 cm³/mol. The van der Waals surface area contributed by atoms with Crippen molar-refractivity contribution in [3.8, 4) is 0 Å². The summed E-state index contributed by atoms with van der Waals surface area (Å²) in [4.78, 5) is 15.9. The first-order chi connectivity index (χ1) is 23.8. The summed E-state index contributed by atoms with van der Waals surface area (Å²) in [5.74, 6) is 0. The van der Waals surface area contributed by atoms with Gasteiger partial charge in [-0.2, -0.15) is 0 Å². The fourth-order valence-electron chi connectivity index (χ4n) is 6.55. The first kappa shape index (κ1) is 54.5. The molecule has 3 rings (SSSR count).